The standard InChI is InChI=1S/C17H15ClFNO3/c1-17(16(22)23,11-5-3-2-4-6-11)10-15(21)20-12-7-8-14(19)13(18)9-12/h2-9H,10H2,1H3,(H,20,21)(H,22,23)/t17-/m1/s1. The van der Waals surface area contributed by atoms with Gasteiger partial charge in [0.25, 0.3) is 0 Å². The monoisotopic (exact) mass is 335 g/mol. The minimum atomic E-state index is -1.37. The molecule has 0 fully saturated rings. The van der Waals surface area contributed by atoms with E-state index in [9.17, 15) is 19.1 Å². The Labute approximate surface area is 137 Å². The van der Waals surface area contributed by atoms with Crippen LogP contribution in [0.3, 0.4) is 0 Å². The molecule has 0 radical (unpaired) electrons. The Bertz CT molecular complexity index is 736. The molecule has 1 atom stereocenters. The summed E-state index contributed by atoms with van der Waals surface area (Å²) < 4.78 is 13.1. The Kier molecular flexibility index (Phi) is 5.01. The molecule has 0 aliphatic heterocycles. The van der Waals surface area contributed by atoms with Crippen molar-refractivity contribution in [1.29, 1.82) is 0 Å². The van der Waals surface area contributed by atoms with Crippen LogP contribution in [0.25, 0.3) is 0 Å². The Morgan fingerprint density at radius 1 is 1.22 bits per heavy atom. The van der Waals surface area contributed by atoms with Gasteiger partial charge < -0.3 is 10.4 Å². The average Bonchev–Trinajstić information content (AvgIpc) is 2.51. The second-order valence-corrected chi connectivity index (χ2v) is 5.76. The molecular weight excluding hydrogens is 321 g/mol. The Hall–Kier alpha value is -2.40. The van der Waals surface area contributed by atoms with Crippen molar-refractivity contribution in [2.24, 2.45) is 0 Å². The van der Waals surface area contributed by atoms with Crippen LogP contribution in [-0.2, 0) is 15.0 Å². The van der Waals surface area contributed by atoms with E-state index < -0.39 is 23.1 Å². The van der Waals surface area contributed by atoms with Crippen molar-refractivity contribution < 1.29 is 19.1 Å². The molecule has 0 bridgehead atoms. The minimum absolute atomic E-state index is 0.119. The van der Waals surface area contributed by atoms with E-state index in [2.05, 4.69) is 5.32 Å². The first-order chi connectivity index (χ1) is 10.8. The molecule has 120 valence electrons. The zero-order valence-electron chi connectivity index (χ0n) is 12.3. The van der Waals surface area contributed by atoms with Crippen LogP contribution >= 0.6 is 11.6 Å². The summed E-state index contributed by atoms with van der Waals surface area (Å²) in [7, 11) is 0. The Morgan fingerprint density at radius 3 is 2.43 bits per heavy atom. The number of carboxylic acid groups (broad SMARTS) is 1. The van der Waals surface area contributed by atoms with Crippen LogP contribution in [0.1, 0.15) is 18.9 Å². The number of nitrogens with one attached hydrogen (secondary N) is 1. The molecule has 0 aromatic heterocycles. The smallest absolute Gasteiger partial charge is 0.314 e. The van der Waals surface area contributed by atoms with Crippen molar-refractivity contribution in [3.63, 3.8) is 0 Å². The molecule has 0 aliphatic carbocycles. The lowest BCUT2D eigenvalue weighted by Crippen LogP contribution is -2.36. The lowest BCUT2D eigenvalue weighted by atomic mass is 9.79. The topological polar surface area (TPSA) is 66.4 Å². The van der Waals surface area contributed by atoms with E-state index in [0.29, 0.717) is 11.3 Å². The molecule has 0 unspecified atom stereocenters. The summed E-state index contributed by atoms with van der Waals surface area (Å²) in [6.45, 7) is 1.49. The second-order valence-electron chi connectivity index (χ2n) is 5.36. The Balaban J connectivity index is 2.19. The zero-order chi connectivity index (χ0) is 17.0. The molecule has 23 heavy (non-hydrogen) atoms. The van der Waals surface area contributed by atoms with Crippen molar-refractivity contribution in [2.75, 3.05) is 5.32 Å². The summed E-state index contributed by atoms with van der Waals surface area (Å²) in [5, 5.41) is 11.9. The van der Waals surface area contributed by atoms with Gasteiger partial charge in [-0.25, -0.2) is 4.39 Å². The van der Waals surface area contributed by atoms with E-state index in [1.54, 1.807) is 30.3 Å². The number of halogens is 2. The molecule has 2 aromatic carbocycles. The highest BCUT2D eigenvalue weighted by atomic mass is 35.5. The fourth-order valence-electron chi connectivity index (χ4n) is 2.21. The van der Waals surface area contributed by atoms with Crippen LogP contribution in [0.5, 0.6) is 0 Å². The van der Waals surface area contributed by atoms with E-state index in [4.69, 9.17) is 11.6 Å². The third-order valence-electron chi connectivity index (χ3n) is 3.60. The Morgan fingerprint density at radius 2 is 1.87 bits per heavy atom. The van der Waals surface area contributed by atoms with Crippen LogP contribution in [0.4, 0.5) is 10.1 Å². The maximum absolute atomic E-state index is 13.1. The molecular formula is C17H15ClFNO3. The lowest BCUT2D eigenvalue weighted by molar-refractivity contribution is -0.145. The number of hydrogen-bond acceptors (Lipinski definition) is 2. The van der Waals surface area contributed by atoms with Crippen LogP contribution in [0.15, 0.2) is 48.5 Å². The average molecular weight is 336 g/mol. The van der Waals surface area contributed by atoms with Crippen molar-refractivity contribution >= 4 is 29.2 Å². The molecule has 2 N–H and O–H groups in total. The first-order valence-corrected chi connectivity index (χ1v) is 7.24. The largest absolute Gasteiger partial charge is 0.481 e. The van der Waals surface area contributed by atoms with E-state index in [0.717, 1.165) is 6.07 Å². The van der Waals surface area contributed by atoms with Crippen molar-refractivity contribution in [1.82, 2.24) is 0 Å². The molecule has 2 aromatic rings. The molecule has 6 heteroatoms. The van der Waals surface area contributed by atoms with Crippen molar-refractivity contribution in [3.8, 4) is 0 Å². The van der Waals surface area contributed by atoms with Gasteiger partial charge in [0.15, 0.2) is 0 Å². The fourth-order valence-corrected chi connectivity index (χ4v) is 2.39. The zero-order valence-corrected chi connectivity index (χ0v) is 13.1. The first kappa shape index (κ1) is 17.0. The van der Waals surface area contributed by atoms with E-state index in [-0.39, 0.29) is 11.4 Å². The van der Waals surface area contributed by atoms with Crippen LogP contribution in [0.2, 0.25) is 5.02 Å². The lowest BCUT2D eigenvalue weighted by Gasteiger charge is -2.24. The number of anilines is 1. The number of aliphatic carboxylic acids is 1. The summed E-state index contributed by atoms with van der Waals surface area (Å²) in [4.78, 5) is 23.8. The van der Waals surface area contributed by atoms with Gasteiger partial charge in [-0.1, -0.05) is 41.9 Å². The molecule has 0 spiro atoms. The first-order valence-electron chi connectivity index (χ1n) is 6.87. The van der Waals surface area contributed by atoms with Crippen LogP contribution < -0.4 is 5.32 Å². The highest BCUT2D eigenvalue weighted by molar-refractivity contribution is 6.31. The van der Waals surface area contributed by atoms with Crippen LogP contribution in [-0.4, -0.2) is 17.0 Å². The number of hydrogen-bond donors (Lipinski definition) is 2. The number of carbonyl (C=O) groups is 2. The van der Waals surface area contributed by atoms with Gasteiger partial charge in [-0.3, -0.25) is 9.59 Å². The number of carboxylic acids is 1. The number of rotatable bonds is 5. The third kappa shape index (κ3) is 3.87. The summed E-state index contributed by atoms with van der Waals surface area (Å²) in [6.07, 6.45) is -0.263. The predicted octanol–water partition coefficient (Wildman–Crippen LogP) is 3.85. The number of benzene rings is 2. The summed E-state index contributed by atoms with van der Waals surface area (Å²) >= 11 is 5.66. The predicted molar refractivity (Wildman–Crippen MR) is 86.1 cm³/mol. The quantitative estimate of drug-likeness (QED) is 0.872. The number of amides is 1. The summed E-state index contributed by atoms with van der Waals surface area (Å²) in [5.41, 5.74) is -0.531. The van der Waals surface area contributed by atoms with E-state index >= 15 is 0 Å². The molecule has 0 saturated carbocycles. The molecule has 4 nitrogen and oxygen atoms in total. The SMILES string of the molecule is C[C@](CC(=O)Nc1ccc(F)c(Cl)c1)(C(=O)O)c1ccccc1. The van der Waals surface area contributed by atoms with Gasteiger partial charge in [-0.15, -0.1) is 0 Å². The highest BCUT2D eigenvalue weighted by Crippen LogP contribution is 2.29. The highest BCUT2D eigenvalue weighted by Gasteiger charge is 2.37. The summed E-state index contributed by atoms with van der Waals surface area (Å²) in [6, 6.07) is 12.3. The molecule has 0 saturated heterocycles. The minimum Gasteiger partial charge on any atom is -0.481 e. The van der Waals surface area contributed by atoms with Gasteiger partial charge in [0.05, 0.1) is 10.4 Å². The van der Waals surface area contributed by atoms with Gasteiger partial charge in [0, 0.05) is 12.1 Å². The van der Waals surface area contributed by atoms with E-state index in [1.165, 1.54) is 19.1 Å². The molecule has 2 rings (SSSR count). The van der Waals surface area contributed by atoms with Crippen molar-refractivity contribution in [3.05, 3.63) is 64.9 Å². The van der Waals surface area contributed by atoms with Gasteiger partial charge in [0.2, 0.25) is 5.91 Å². The number of carbonyl (C=O) groups excluding carboxylic acids is 1. The molecule has 0 heterocycles. The van der Waals surface area contributed by atoms with E-state index in [1.807, 2.05) is 0 Å². The van der Waals surface area contributed by atoms with Crippen LogP contribution in [0, 0.1) is 5.82 Å². The van der Waals surface area contributed by atoms with Gasteiger partial charge >= 0.3 is 5.97 Å². The fraction of sp³-hybridized carbons (Fsp3) is 0.176. The van der Waals surface area contributed by atoms with Gasteiger partial charge in [-0.2, -0.15) is 0 Å². The van der Waals surface area contributed by atoms with Gasteiger partial charge in [0.1, 0.15) is 5.82 Å². The maximum atomic E-state index is 13.1. The summed E-state index contributed by atoms with van der Waals surface area (Å²) in [5.74, 6) is -2.19. The normalized spacial score (nSPS) is 13.2. The molecule has 1 amide bonds. The van der Waals surface area contributed by atoms with Gasteiger partial charge in [-0.05, 0) is 30.7 Å². The third-order valence-corrected chi connectivity index (χ3v) is 3.89. The van der Waals surface area contributed by atoms with Crippen molar-refractivity contribution in [2.45, 2.75) is 18.8 Å². The maximum Gasteiger partial charge on any atom is 0.314 e. The molecule has 0 aliphatic rings. The second kappa shape index (κ2) is 6.79.